The van der Waals surface area contributed by atoms with Crippen molar-refractivity contribution in [1.29, 1.82) is 0 Å². The van der Waals surface area contributed by atoms with Crippen LogP contribution in [0.25, 0.3) is 0 Å². The van der Waals surface area contributed by atoms with E-state index in [0.717, 1.165) is 12.8 Å². The monoisotopic (exact) mass is 372 g/mol. The van der Waals surface area contributed by atoms with Crippen LogP contribution in [0.5, 0.6) is 0 Å². The van der Waals surface area contributed by atoms with Gasteiger partial charge in [0, 0.05) is 17.2 Å². The highest BCUT2D eigenvalue weighted by molar-refractivity contribution is 7.99. The third-order valence-electron chi connectivity index (χ3n) is 4.64. The molecule has 0 N–H and O–H groups in total. The van der Waals surface area contributed by atoms with Crippen molar-refractivity contribution in [2.45, 2.75) is 35.8 Å². The van der Waals surface area contributed by atoms with Crippen LogP contribution in [0.1, 0.15) is 35.2 Å². The minimum Gasteiger partial charge on any atom is -0.299 e. The number of hydrogen-bond donors (Lipinski definition) is 0. The lowest BCUT2D eigenvalue weighted by atomic mass is 9.82. The molecule has 0 amide bonds. The summed E-state index contributed by atoms with van der Waals surface area (Å²) in [5.41, 5.74) is 0.795. The second-order valence-electron chi connectivity index (χ2n) is 5.95. The van der Waals surface area contributed by atoms with E-state index in [4.69, 9.17) is 11.6 Å². The summed E-state index contributed by atoms with van der Waals surface area (Å²) < 4.78 is 23.9. The topological polar surface area (TPSA) is 68.3 Å². The number of rotatable bonds is 3. The van der Waals surface area contributed by atoms with E-state index in [9.17, 15) is 18.0 Å². The van der Waals surface area contributed by atoms with Crippen LogP contribution < -0.4 is 0 Å². The molecule has 7 heteroatoms. The van der Waals surface area contributed by atoms with Gasteiger partial charge in [0.15, 0.2) is 15.6 Å². The third-order valence-corrected chi connectivity index (χ3v) is 7.98. The fourth-order valence-corrected chi connectivity index (χ4v) is 6.31. The number of ketones is 2. The Hall–Kier alpha value is -0.850. The van der Waals surface area contributed by atoms with Crippen molar-refractivity contribution in [2.75, 3.05) is 12.0 Å². The van der Waals surface area contributed by atoms with E-state index < -0.39 is 15.8 Å². The molecule has 0 radical (unpaired) electrons. The van der Waals surface area contributed by atoms with E-state index in [0.29, 0.717) is 18.4 Å². The predicted molar refractivity (Wildman–Crippen MR) is 91.2 cm³/mol. The van der Waals surface area contributed by atoms with Gasteiger partial charge in [-0.3, -0.25) is 9.59 Å². The van der Waals surface area contributed by atoms with Crippen molar-refractivity contribution >= 4 is 44.8 Å². The molecule has 1 aromatic rings. The lowest BCUT2D eigenvalue weighted by Crippen LogP contribution is -2.37. The van der Waals surface area contributed by atoms with Crippen molar-refractivity contribution in [2.24, 2.45) is 5.92 Å². The SMILES string of the molecule is CSC1CCCC(=O)C1C(=O)c1ccc2c(c1Cl)CCS2(=O)=O. The fourth-order valence-electron chi connectivity index (χ4n) is 3.41. The molecular weight excluding hydrogens is 356 g/mol. The molecule has 2 aliphatic rings. The summed E-state index contributed by atoms with van der Waals surface area (Å²) in [5, 5.41) is 0.170. The number of carbonyl (C=O) groups excluding carboxylic acids is 2. The Morgan fingerprint density at radius 3 is 2.74 bits per heavy atom. The molecule has 124 valence electrons. The van der Waals surface area contributed by atoms with Crippen molar-refractivity contribution in [3.63, 3.8) is 0 Å². The van der Waals surface area contributed by atoms with Crippen LogP contribution in [0.3, 0.4) is 0 Å². The Labute approximate surface area is 144 Å². The molecule has 2 unspecified atom stereocenters. The molecule has 2 atom stereocenters. The summed E-state index contributed by atoms with van der Waals surface area (Å²) >= 11 is 7.86. The van der Waals surface area contributed by atoms with Gasteiger partial charge >= 0.3 is 0 Å². The van der Waals surface area contributed by atoms with Crippen LogP contribution in [0.2, 0.25) is 5.02 Å². The van der Waals surface area contributed by atoms with E-state index >= 15 is 0 Å². The molecule has 1 aromatic carbocycles. The van der Waals surface area contributed by atoms with Crippen molar-refractivity contribution < 1.29 is 18.0 Å². The maximum absolute atomic E-state index is 12.9. The standard InChI is InChI=1S/C16H17ClO4S2/c1-22-12-4-2-3-11(18)14(12)16(19)10-5-6-13-9(15(10)17)7-8-23(13,20)21/h5-6,12,14H,2-4,7-8H2,1H3. The highest BCUT2D eigenvalue weighted by Crippen LogP contribution is 2.38. The Balaban J connectivity index is 2.02. The minimum atomic E-state index is -3.29. The highest BCUT2D eigenvalue weighted by atomic mass is 35.5. The molecule has 0 bridgehead atoms. The second-order valence-corrected chi connectivity index (χ2v) is 9.48. The van der Waals surface area contributed by atoms with Gasteiger partial charge in [-0.2, -0.15) is 11.8 Å². The Morgan fingerprint density at radius 2 is 2.04 bits per heavy atom. The van der Waals surface area contributed by atoms with E-state index in [1.165, 1.54) is 23.9 Å². The number of thioether (sulfide) groups is 1. The zero-order chi connectivity index (χ0) is 16.8. The molecule has 0 spiro atoms. The van der Waals surface area contributed by atoms with Gasteiger partial charge in [0.2, 0.25) is 0 Å². The first-order valence-electron chi connectivity index (χ1n) is 7.50. The van der Waals surface area contributed by atoms with E-state index in [2.05, 4.69) is 0 Å². The molecular formula is C16H17ClO4S2. The third kappa shape index (κ3) is 2.85. The zero-order valence-corrected chi connectivity index (χ0v) is 15.1. The number of halogens is 1. The summed E-state index contributed by atoms with van der Waals surface area (Å²) in [6, 6.07) is 2.92. The number of benzene rings is 1. The lowest BCUT2D eigenvalue weighted by molar-refractivity contribution is -0.122. The summed E-state index contributed by atoms with van der Waals surface area (Å²) in [4.78, 5) is 25.4. The number of sulfone groups is 1. The Bertz CT molecular complexity index is 786. The number of fused-ring (bicyclic) bond motifs is 1. The predicted octanol–water partition coefficient (Wildman–Crippen LogP) is 2.95. The van der Waals surface area contributed by atoms with Gasteiger partial charge in [-0.25, -0.2) is 8.42 Å². The highest BCUT2D eigenvalue weighted by Gasteiger charge is 2.39. The van der Waals surface area contributed by atoms with Gasteiger partial charge in [-0.05, 0) is 43.2 Å². The van der Waals surface area contributed by atoms with E-state index in [-0.39, 0.29) is 38.1 Å². The smallest absolute Gasteiger partial charge is 0.179 e. The molecule has 1 fully saturated rings. The maximum atomic E-state index is 12.9. The first kappa shape index (κ1) is 17.0. The first-order chi connectivity index (χ1) is 10.9. The van der Waals surface area contributed by atoms with E-state index in [1.807, 2.05) is 6.26 Å². The molecule has 1 heterocycles. The average Bonchev–Trinajstić information content (AvgIpc) is 2.83. The molecule has 1 aliphatic carbocycles. The summed E-state index contributed by atoms with van der Waals surface area (Å²) in [5.74, 6) is -0.960. The lowest BCUT2D eigenvalue weighted by Gasteiger charge is -2.28. The summed E-state index contributed by atoms with van der Waals surface area (Å²) in [7, 11) is -3.29. The van der Waals surface area contributed by atoms with Crippen molar-refractivity contribution in [1.82, 2.24) is 0 Å². The van der Waals surface area contributed by atoms with Gasteiger partial charge in [0.25, 0.3) is 0 Å². The minimum absolute atomic E-state index is 0.0233. The first-order valence-corrected chi connectivity index (χ1v) is 10.8. The molecule has 1 saturated carbocycles. The van der Waals surface area contributed by atoms with Gasteiger partial charge in [0.05, 0.1) is 21.6 Å². The summed E-state index contributed by atoms with van der Waals surface area (Å²) in [6.07, 6.45) is 4.29. The molecule has 0 aromatic heterocycles. The largest absolute Gasteiger partial charge is 0.299 e. The quantitative estimate of drug-likeness (QED) is 0.602. The number of Topliss-reactive ketones (excluding diaryl/α,β-unsaturated/α-hetero) is 2. The van der Waals surface area contributed by atoms with Gasteiger partial charge in [-0.1, -0.05) is 11.6 Å². The van der Waals surface area contributed by atoms with Crippen LogP contribution in [0.15, 0.2) is 17.0 Å². The van der Waals surface area contributed by atoms with E-state index in [1.54, 1.807) is 0 Å². The van der Waals surface area contributed by atoms with Crippen LogP contribution in [-0.4, -0.2) is 37.2 Å². The van der Waals surface area contributed by atoms with Gasteiger partial charge in [0.1, 0.15) is 5.78 Å². The fraction of sp³-hybridized carbons (Fsp3) is 0.500. The molecule has 23 heavy (non-hydrogen) atoms. The van der Waals surface area contributed by atoms with Crippen molar-refractivity contribution in [3.05, 3.63) is 28.3 Å². The molecule has 0 saturated heterocycles. The van der Waals surface area contributed by atoms with Crippen LogP contribution >= 0.6 is 23.4 Å². The van der Waals surface area contributed by atoms with Crippen LogP contribution in [-0.2, 0) is 21.1 Å². The average molecular weight is 373 g/mol. The van der Waals surface area contributed by atoms with Gasteiger partial charge in [-0.15, -0.1) is 0 Å². The van der Waals surface area contributed by atoms with Crippen LogP contribution in [0.4, 0.5) is 0 Å². The number of hydrogen-bond acceptors (Lipinski definition) is 5. The molecule has 4 nitrogen and oxygen atoms in total. The maximum Gasteiger partial charge on any atom is 0.179 e. The van der Waals surface area contributed by atoms with Crippen LogP contribution in [0, 0.1) is 5.92 Å². The summed E-state index contributed by atoms with van der Waals surface area (Å²) in [6.45, 7) is 0. The van der Waals surface area contributed by atoms with Gasteiger partial charge < -0.3 is 0 Å². The molecule has 3 rings (SSSR count). The number of carbonyl (C=O) groups is 2. The second kappa shape index (κ2) is 6.22. The van der Waals surface area contributed by atoms with Crippen molar-refractivity contribution in [3.8, 4) is 0 Å². The Morgan fingerprint density at radius 1 is 1.30 bits per heavy atom. The molecule has 1 aliphatic heterocycles. The Kier molecular flexibility index (Phi) is 4.60. The normalized spacial score (nSPS) is 26.1. The zero-order valence-electron chi connectivity index (χ0n) is 12.7.